The van der Waals surface area contributed by atoms with Gasteiger partial charge in [0.15, 0.2) is 0 Å². The zero-order valence-electron chi connectivity index (χ0n) is 13.3. The van der Waals surface area contributed by atoms with Crippen LogP contribution in [0, 0.1) is 0 Å². The fourth-order valence-electron chi connectivity index (χ4n) is 2.10. The zero-order valence-corrected chi connectivity index (χ0v) is 16.5. The van der Waals surface area contributed by atoms with Crippen LogP contribution in [0.3, 0.4) is 0 Å². The normalized spacial score (nSPS) is 12.0. The molecule has 3 rings (SSSR count). The summed E-state index contributed by atoms with van der Waals surface area (Å²) in [5, 5.41) is 5.11. The minimum absolute atomic E-state index is 0.0151. The molecule has 0 radical (unpaired) electrons. The second kappa shape index (κ2) is 7.94. The summed E-state index contributed by atoms with van der Waals surface area (Å²) in [7, 11) is -4.07. The van der Waals surface area contributed by atoms with Crippen molar-refractivity contribution in [1.82, 2.24) is 0 Å². The molecule has 0 bridgehead atoms. The summed E-state index contributed by atoms with van der Waals surface area (Å²) in [5.74, 6) is -0.645. The van der Waals surface area contributed by atoms with E-state index in [0.717, 1.165) is 4.47 Å². The Morgan fingerprint density at radius 1 is 0.962 bits per heavy atom. The quantitative estimate of drug-likeness (QED) is 0.268. The van der Waals surface area contributed by atoms with Gasteiger partial charge in [-0.3, -0.25) is 10.2 Å². The van der Waals surface area contributed by atoms with Gasteiger partial charge < -0.3 is 0 Å². The number of carbonyl (C=O) groups is 1. The number of nitrogens with zero attached hydrogens (tertiary/aromatic N) is 1. The molecule has 3 aromatic rings. The smallest absolute Gasteiger partial charge is 0.235 e. The Labute approximate surface area is 163 Å². The third-order valence-corrected chi connectivity index (χ3v) is 6.45. The number of hydrogen-bond donors (Lipinski definition) is 1. The molecule has 132 valence electrons. The maximum atomic E-state index is 12.9. The molecule has 26 heavy (non-hydrogen) atoms. The molecule has 0 aliphatic rings. The number of hydrazone groups is 1. The lowest BCUT2D eigenvalue weighted by Gasteiger charge is -2.08. The molecule has 1 heterocycles. The number of anilines is 1. The van der Waals surface area contributed by atoms with Gasteiger partial charge in [-0.15, -0.1) is 11.3 Å². The molecule has 1 N–H and O–H groups in total. The van der Waals surface area contributed by atoms with Crippen molar-refractivity contribution in [1.29, 1.82) is 0 Å². The summed E-state index contributed by atoms with van der Waals surface area (Å²) in [6, 6.07) is 18.0. The number of rotatable bonds is 5. The van der Waals surface area contributed by atoms with Crippen molar-refractivity contribution >= 4 is 53.6 Å². The van der Waals surface area contributed by atoms with Gasteiger partial charge in [-0.05, 0) is 47.8 Å². The first-order valence-electron chi connectivity index (χ1n) is 7.46. The van der Waals surface area contributed by atoms with Crippen molar-refractivity contribution in [3.05, 3.63) is 81.5 Å². The Balaban J connectivity index is 2.03. The molecule has 0 aliphatic heterocycles. The van der Waals surface area contributed by atoms with Crippen molar-refractivity contribution in [3.8, 4) is 0 Å². The largest absolute Gasteiger partial charge is 0.285 e. The fourth-order valence-corrected chi connectivity index (χ4v) is 4.35. The van der Waals surface area contributed by atoms with Gasteiger partial charge in [-0.25, -0.2) is 8.42 Å². The number of Topliss-reactive ketones (excluding diaryl/α,β-unsaturated/α-hetero) is 1. The summed E-state index contributed by atoms with van der Waals surface area (Å²) < 4.78 is 26.8. The second-order valence-corrected chi connectivity index (χ2v) is 8.89. The molecule has 0 saturated carbocycles. The predicted molar refractivity (Wildman–Crippen MR) is 107 cm³/mol. The number of nitrogens with one attached hydrogen (secondary N) is 1. The third kappa shape index (κ3) is 4.09. The van der Waals surface area contributed by atoms with Crippen LogP contribution in [0.4, 0.5) is 5.69 Å². The van der Waals surface area contributed by atoms with E-state index in [9.17, 15) is 13.2 Å². The van der Waals surface area contributed by atoms with Crippen molar-refractivity contribution < 1.29 is 13.2 Å². The van der Waals surface area contributed by atoms with Crippen LogP contribution >= 0.6 is 27.3 Å². The summed E-state index contributed by atoms with van der Waals surface area (Å²) in [5.41, 5.74) is 3.23. The Morgan fingerprint density at radius 2 is 1.65 bits per heavy atom. The van der Waals surface area contributed by atoms with Crippen molar-refractivity contribution in [2.24, 2.45) is 5.10 Å². The lowest BCUT2D eigenvalue weighted by molar-refractivity contribution is 0.107. The molecule has 0 fully saturated rings. The number of carbonyl (C=O) groups excluding carboxylic acids is 1. The maximum absolute atomic E-state index is 12.9. The van der Waals surface area contributed by atoms with Crippen LogP contribution < -0.4 is 5.43 Å². The highest BCUT2D eigenvalue weighted by atomic mass is 79.9. The monoisotopic (exact) mass is 448 g/mol. The van der Waals surface area contributed by atoms with Crippen LogP contribution in [-0.2, 0) is 9.84 Å². The maximum Gasteiger partial charge on any atom is 0.235 e. The first-order valence-corrected chi connectivity index (χ1v) is 10.6. The first kappa shape index (κ1) is 18.5. The van der Waals surface area contributed by atoms with E-state index >= 15 is 0 Å². The van der Waals surface area contributed by atoms with Gasteiger partial charge in [-0.1, -0.05) is 40.2 Å². The molecule has 0 saturated heterocycles. The predicted octanol–water partition coefficient (Wildman–Crippen LogP) is 4.59. The highest BCUT2D eigenvalue weighted by Crippen LogP contribution is 2.19. The van der Waals surface area contributed by atoms with E-state index in [4.69, 9.17) is 0 Å². The number of halogens is 1. The SMILES string of the molecule is O=C(C(=NNc1ccc(Br)cc1)S(=O)(=O)c1ccccc1)c1cccs1. The van der Waals surface area contributed by atoms with E-state index in [1.807, 2.05) is 0 Å². The molecule has 0 aliphatic carbocycles. The molecule has 0 amide bonds. The van der Waals surface area contributed by atoms with Crippen molar-refractivity contribution in [2.75, 3.05) is 5.43 Å². The summed E-state index contributed by atoms with van der Waals surface area (Å²) >= 11 is 4.49. The van der Waals surface area contributed by atoms with Crippen LogP contribution in [0.2, 0.25) is 0 Å². The van der Waals surface area contributed by atoms with Gasteiger partial charge in [0.2, 0.25) is 20.7 Å². The number of hydrogen-bond acceptors (Lipinski definition) is 6. The Bertz CT molecular complexity index is 1030. The molecule has 5 nitrogen and oxygen atoms in total. The summed E-state index contributed by atoms with van der Waals surface area (Å²) in [6.07, 6.45) is 0. The van der Waals surface area contributed by atoms with E-state index < -0.39 is 20.7 Å². The van der Waals surface area contributed by atoms with Crippen molar-refractivity contribution in [3.63, 3.8) is 0 Å². The van der Waals surface area contributed by atoms with Gasteiger partial charge in [0.05, 0.1) is 15.5 Å². The molecule has 8 heteroatoms. The Morgan fingerprint density at radius 3 is 2.27 bits per heavy atom. The molecule has 0 unspecified atom stereocenters. The van der Waals surface area contributed by atoms with Gasteiger partial charge in [0, 0.05) is 4.47 Å². The Hall–Kier alpha value is -2.29. The minimum Gasteiger partial charge on any atom is -0.285 e. The topological polar surface area (TPSA) is 75.6 Å². The number of benzene rings is 2. The van der Waals surface area contributed by atoms with E-state index in [1.165, 1.54) is 23.5 Å². The van der Waals surface area contributed by atoms with Crippen LogP contribution in [-0.4, -0.2) is 19.2 Å². The van der Waals surface area contributed by atoms with Crippen LogP contribution in [0.5, 0.6) is 0 Å². The van der Waals surface area contributed by atoms with E-state index in [2.05, 4.69) is 26.5 Å². The highest BCUT2D eigenvalue weighted by Gasteiger charge is 2.30. The van der Waals surface area contributed by atoms with E-state index in [0.29, 0.717) is 10.6 Å². The first-order chi connectivity index (χ1) is 12.5. The van der Waals surface area contributed by atoms with Gasteiger partial charge in [-0.2, -0.15) is 5.10 Å². The molecular formula is C18H13BrN2O3S2. The highest BCUT2D eigenvalue weighted by molar-refractivity contribution is 9.10. The molecule has 0 atom stereocenters. The van der Waals surface area contributed by atoms with Crippen LogP contribution in [0.25, 0.3) is 0 Å². The van der Waals surface area contributed by atoms with Gasteiger partial charge in [0.1, 0.15) is 0 Å². The average Bonchev–Trinajstić information content (AvgIpc) is 3.18. The second-order valence-electron chi connectivity index (χ2n) is 5.16. The van der Waals surface area contributed by atoms with Gasteiger partial charge in [0.25, 0.3) is 0 Å². The lowest BCUT2D eigenvalue weighted by Crippen LogP contribution is -2.25. The standard InChI is InChI=1S/C18H13BrN2O3S2/c19-13-8-10-14(11-9-13)20-21-18(17(22)16-7-4-12-25-16)26(23,24)15-5-2-1-3-6-15/h1-12,20H. The number of thiophene rings is 1. The fraction of sp³-hybridized carbons (Fsp3) is 0. The zero-order chi connectivity index (χ0) is 18.6. The molecule has 0 spiro atoms. The van der Waals surface area contributed by atoms with Crippen LogP contribution in [0.1, 0.15) is 9.67 Å². The van der Waals surface area contributed by atoms with Gasteiger partial charge >= 0.3 is 0 Å². The minimum atomic E-state index is -4.07. The summed E-state index contributed by atoms with van der Waals surface area (Å²) in [6.45, 7) is 0. The molecule has 2 aromatic carbocycles. The van der Waals surface area contributed by atoms with E-state index in [1.54, 1.807) is 60.0 Å². The number of ketones is 1. The molecule has 1 aromatic heterocycles. The Kier molecular flexibility index (Phi) is 5.65. The van der Waals surface area contributed by atoms with Crippen molar-refractivity contribution in [2.45, 2.75) is 4.90 Å². The van der Waals surface area contributed by atoms with E-state index in [-0.39, 0.29) is 4.90 Å². The van der Waals surface area contributed by atoms with Crippen LogP contribution in [0.15, 0.2) is 86.6 Å². The summed E-state index contributed by atoms with van der Waals surface area (Å²) in [4.78, 5) is 13.1. The molecular weight excluding hydrogens is 436 g/mol. The third-order valence-electron chi connectivity index (χ3n) is 3.38. The number of sulfone groups is 1. The lowest BCUT2D eigenvalue weighted by atomic mass is 10.3. The average molecular weight is 449 g/mol.